The number of nitrogens with one attached hydrogen (secondary N) is 1. The molecule has 2 aliphatic heterocycles. The number of carbonyl (C=O) groups excluding carboxylic acids is 2. The first kappa shape index (κ1) is 15.2. The molecule has 2 aliphatic rings. The normalized spacial score (nSPS) is 24.8. The molecule has 0 radical (unpaired) electrons. The van der Waals surface area contributed by atoms with Crippen molar-refractivity contribution < 1.29 is 14.3 Å². The second kappa shape index (κ2) is 5.94. The molecule has 2 aromatic rings. The van der Waals surface area contributed by atoms with E-state index in [1.807, 2.05) is 42.3 Å². The van der Waals surface area contributed by atoms with Gasteiger partial charge in [-0.15, -0.1) is 0 Å². The zero-order chi connectivity index (χ0) is 16.7. The van der Waals surface area contributed by atoms with E-state index in [2.05, 4.69) is 4.98 Å². The van der Waals surface area contributed by atoms with Crippen molar-refractivity contribution in [3.63, 3.8) is 0 Å². The van der Waals surface area contributed by atoms with Crippen molar-refractivity contribution in [2.75, 3.05) is 26.7 Å². The van der Waals surface area contributed by atoms with Crippen LogP contribution >= 0.6 is 0 Å². The van der Waals surface area contributed by atoms with Crippen LogP contribution in [0.1, 0.15) is 23.3 Å². The van der Waals surface area contributed by atoms with Crippen molar-refractivity contribution in [2.45, 2.75) is 25.0 Å². The number of ether oxygens (including phenoxy) is 1. The number of likely N-dealkylation sites (tertiary alicyclic amines) is 1. The van der Waals surface area contributed by atoms with Gasteiger partial charge in [-0.25, -0.2) is 0 Å². The Kier molecular flexibility index (Phi) is 3.76. The Morgan fingerprint density at radius 1 is 1.25 bits per heavy atom. The quantitative estimate of drug-likeness (QED) is 0.866. The number of nitrogens with zero attached hydrogens (tertiary/aromatic N) is 2. The minimum Gasteiger partial charge on any atom is -0.366 e. The van der Waals surface area contributed by atoms with Crippen molar-refractivity contribution in [3.05, 3.63) is 36.0 Å². The predicted molar refractivity (Wildman–Crippen MR) is 89.7 cm³/mol. The molecule has 2 fully saturated rings. The maximum Gasteiger partial charge on any atom is 0.270 e. The van der Waals surface area contributed by atoms with Gasteiger partial charge in [-0.1, -0.05) is 18.2 Å². The largest absolute Gasteiger partial charge is 0.366 e. The third-order valence-electron chi connectivity index (χ3n) is 5.17. The van der Waals surface area contributed by atoms with Gasteiger partial charge in [0.05, 0.1) is 12.1 Å². The molecule has 3 heterocycles. The van der Waals surface area contributed by atoms with E-state index in [-0.39, 0.29) is 30.6 Å². The fourth-order valence-electron chi connectivity index (χ4n) is 3.73. The average Bonchev–Trinajstić information content (AvgIpc) is 2.91. The molecule has 6 heteroatoms. The summed E-state index contributed by atoms with van der Waals surface area (Å²) in [6.07, 6.45) is 1.53. The van der Waals surface area contributed by atoms with Crippen LogP contribution in [-0.4, -0.2) is 65.5 Å². The third-order valence-corrected chi connectivity index (χ3v) is 5.17. The summed E-state index contributed by atoms with van der Waals surface area (Å²) < 4.78 is 5.69. The van der Waals surface area contributed by atoms with E-state index >= 15 is 0 Å². The minimum atomic E-state index is 0.0128. The monoisotopic (exact) mass is 327 g/mol. The first-order valence-electron chi connectivity index (χ1n) is 8.38. The fraction of sp³-hybridized carbons (Fsp3) is 0.444. The predicted octanol–water partition coefficient (Wildman–Crippen LogP) is 1.63. The maximum atomic E-state index is 12.8. The Balaban J connectivity index is 1.52. The highest BCUT2D eigenvalue weighted by atomic mass is 16.5. The van der Waals surface area contributed by atoms with Crippen LogP contribution in [0.3, 0.4) is 0 Å². The lowest BCUT2D eigenvalue weighted by atomic mass is 10.0. The lowest BCUT2D eigenvalue weighted by Crippen LogP contribution is -2.52. The number of carbonyl (C=O) groups is 2. The number of aromatic nitrogens is 1. The van der Waals surface area contributed by atoms with Crippen molar-refractivity contribution in [1.82, 2.24) is 14.8 Å². The molecule has 2 atom stereocenters. The van der Waals surface area contributed by atoms with Gasteiger partial charge in [0.15, 0.2) is 0 Å². The number of hydrogen-bond acceptors (Lipinski definition) is 3. The standard InChI is InChI=1S/C18H21N3O3/c1-20-15-6-8-21(9-7-16(15)24-11-17(20)22)18(23)14-10-12-4-2-3-5-13(12)19-14/h2-5,10,15-16,19H,6-9,11H2,1H3/t15-,16-/m0/s1. The molecule has 6 nitrogen and oxygen atoms in total. The number of fused-ring (bicyclic) bond motifs is 2. The van der Waals surface area contributed by atoms with Crippen molar-refractivity contribution in [2.24, 2.45) is 0 Å². The van der Waals surface area contributed by atoms with Gasteiger partial charge in [-0.05, 0) is 25.0 Å². The summed E-state index contributed by atoms with van der Waals surface area (Å²) in [6, 6.07) is 9.85. The second-order valence-electron chi connectivity index (χ2n) is 6.56. The molecule has 4 rings (SSSR count). The van der Waals surface area contributed by atoms with E-state index < -0.39 is 0 Å². The Bertz CT molecular complexity index is 752. The first-order chi connectivity index (χ1) is 11.6. The summed E-state index contributed by atoms with van der Waals surface area (Å²) in [5, 5.41) is 1.04. The summed E-state index contributed by atoms with van der Waals surface area (Å²) in [5.74, 6) is 0.0328. The van der Waals surface area contributed by atoms with Crippen molar-refractivity contribution in [3.8, 4) is 0 Å². The van der Waals surface area contributed by atoms with Gasteiger partial charge in [0.1, 0.15) is 12.3 Å². The van der Waals surface area contributed by atoms with Crippen LogP contribution in [0.5, 0.6) is 0 Å². The van der Waals surface area contributed by atoms with Gasteiger partial charge >= 0.3 is 0 Å². The van der Waals surface area contributed by atoms with Gasteiger partial charge < -0.3 is 19.5 Å². The van der Waals surface area contributed by atoms with Gasteiger partial charge in [0, 0.05) is 31.0 Å². The van der Waals surface area contributed by atoms with Crippen LogP contribution in [0, 0.1) is 0 Å². The van der Waals surface area contributed by atoms with Gasteiger partial charge in [0.2, 0.25) is 5.91 Å². The summed E-state index contributed by atoms with van der Waals surface area (Å²) in [7, 11) is 1.83. The molecule has 0 bridgehead atoms. The Morgan fingerprint density at radius 2 is 2.04 bits per heavy atom. The maximum absolute atomic E-state index is 12.8. The van der Waals surface area contributed by atoms with Gasteiger partial charge in [0.25, 0.3) is 5.91 Å². The molecule has 1 aromatic heterocycles. The highest BCUT2D eigenvalue weighted by Gasteiger charge is 2.37. The lowest BCUT2D eigenvalue weighted by Gasteiger charge is -2.37. The van der Waals surface area contributed by atoms with E-state index in [0.29, 0.717) is 18.8 Å². The Morgan fingerprint density at radius 3 is 2.88 bits per heavy atom. The number of para-hydroxylation sites is 1. The number of benzene rings is 1. The molecular weight excluding hydrogens is 306 g/mol. The van der Waals surface area contributed by atoms with E-state index in [1.54, 1.807) is 4.90 Å². The molecule has 2 amide bonds. The molecule has 0 unspecified atom stereocenters. The zero-order valence-electron chi connectivity index (χ0n) is 13.7. The molecule has 24 heavy (non-hydrogen) atoms. The summed E-state index contributed by atoms with van der Waals surface area (Å²) >= 11 is 0. The fourth-order valence-corrected chi connectivity index (χ4v) is 3.73. The molecule has 126 valence electrons. The van der Waals surface area contributed by atoms with E-state index in [9.17, 15) is 9.59 Å². The van der Waals surface area contributed by atoms with Crippen LogP contribution < -0.4 is 0 Å². The molecule has 1 N–H and O–H groups in total. The number of morpholine rings is 1. The van der Waals surface area contributed by atoms with Crippen molar-refractivity contribution >= 4 is 22.7 Å². The molecule has 1 aromatic carbocycles. The van der Waals surface area contributed by atoms with Crippen LogP contribution in [0.2, 0.25) is 0 Å². The lowest BCUT2D eigenvalue weighted by molar-refractivity contribution is -0.154. The smallest absolute Gasteiger partial charge is 0.270 e. The zero-order valence-corrected chi connectivity index (χ0v) is 13.7. The Labute approximate surface area is 140 Å². The van der Waals surface area contributed by atoms with E-state index in [4.69, 9.17) is 4.74 Å². The molecule has 0 spiro atoms. The van der Waals surface area contributed by atoms with Crippen LogP contribution in [0.4, 0.5) is 0 Å². The van der Waals surface area contributed by atoms with E-state index in [0.717, 1.165) is 23.7 Å². The molecular formula is C18H21N3O3. The SMILES string of the molecule is CN1C(=O)CO[C@H]2CCN(C(=O)c3cc4ccccc4[nH]3)CC[C@@H]21. The number of aromatic amines is 1. The highest BCUT2D eigenvalue weighted by molar-refractivity contribution is 5.98. The summed E-state index contributed by atoms with van der Waals surface area (Å²) in [5.41, 5.74) is 1.59. The molecule has 0 aliphatic carbocycles. The van der Waals surface area contributed by atoms with Crippen molar-refractivity contribution in [1.29, 1.82) is 0 Å². The molecule has 2 saturated heterocycles. The number of likely N-dealkylation sites (N-methyl/N-ethyl adjacent to an activating group) is 1. The second-order valence-corrected chi connectivity index (χ2v) is 6.56. The van der Waals surface area contributed by atoms with Crippen LogP contribution in [0.15, 0.2) is 30.3 Å². The highest BCUT2D eigenvalue weighted by Crippen LogP contribution is 2.24. The van der Waals surface area contributed by atoms with Crippen LogP contribution in [0.25, 0.3) is 10.9 Å². The number of amides is 2. The molecule has 0 saturated carbocycles. The summed E-state index contributed by atoms with van der Waals surface area (Å²) in [4.78, 5) is 31.5. The third kappa shape index (κ3) is 2.57. The van der Waals surface area contributed by atoms with Crippen LogP contribution in [-0.2, 0) is 9.53 Å². The van der Waals surface area contributed by atoms with Gasteiger partial charge in [-0.2, -0.15) is 0 Å². The number of hydrogen-bond donors (Lipinski definition) is 1. The van der Waals surface area contributed by atoms with Gasteiger partial charge in [-0.3, -0.25) is 9.59 Å². The topological polar surface area (TPSA) is 65.6 Å². The summed E-state index contributed by atoms with van der Waals surface area (Å²) in [6.45, 7) is 1.43. The average molecular weight is 327 g/mol. The number of rotatable bonds is 1. The number of H-pyrrole nitrogens is 1. The first-order valence-corrected chi connectivity index (χ1v) is 8.38. The Hall–Kier alpha value is -2.34. The minimum absolute atomic E-state index is 0.0128. The van der Waals surface area contributed by atoms with E-state index in [1.165, 1.54) is 0 Å².